The van der Waals surface area contributed by atoms with Crippen molar-refractivity contribution in [1.29, 1.82) is 0 Å². The summed E-state index contributed by atoms with van der Waals surface area (Å²) in [6, 6.07) is 2.60. The predicted molar refractivity (Wildman–Crippen MR) is 95.2 cm³/mol. The van der Waals surface area contributed by atoms with E-state index in [0.717, 1.165) is 24.4 Å². The summed E-state index contributed by atoms with van der Waals surface area (Å²) in [4.78, 5) is 28.5. The summed E-state index contributed by atoms with van der Waals surface area (Å²) in [5.74, 6) is -0.890. The van der Waals surface area contributed by atoms with Crippen LogP contribution in [-0.2, 0) is 24.0 Å². The summed E-state index contributed by atoms with van der Waals surface area (Å²) in [5, 5.41) is 14.1. The molecule has 0 fully saturated rings. The molecule has 8 nitrogen and oxygen atoms in total. The summed E-state index contributed by atoms with van der Waals surface area (Å²) in [6.45, 7) is 1.42. The third-order valence-corrected chi connectivity index (χ3v) is 4.18. The highest BCUT2D eigenvalue weighted by atomic mass is 19.4. The number of alkyl halides is 3. The van der Waals surface area contributed by atoms with E-state index in [1.54, 1.807) is 6.92 Å². The van der Waals surface area contributed by atoms with E-state index in [1.807, 2.05) is 0 Å². The summed E-state index contributed by atoms with van der Waals surface area (Å²) in [7, 11) is 0. The molecule has 0 radical (unpaired) electrons. The molecule has 1 atom stereocenters. The number of aliphatic hydroxyl groups excluding tert-OH is 1. The Bertz CT molecular complexity index is 1080. The smallest absolute Gasteiger partial charge is 0.416 e. The van der Waals surface area contributed by atoms with E-state index in [1.165, 1.54) is 21.9 Å². The molecule has 154 valence electrons. The van der Waals surface area contributed by atoms with Crippen LogP contribution in [-0.4, -0.2) is 43.1 Å². The third-order valence-electron chi connectivity index (χ3n) is 4.18. The number of esters is 1. The summed E-state index contributed by atoms with van der Waals surface area (Å²) in [6.07, 6.45) is -1.94. The largest absolute Gasteiger partial charge is 0.462 e. The van der Waals surface area contributed by atoms with Crippen LogP contribution in [0.3, 0.4) is 0 Å². The van der Waals surface area contributed by atoms with Crippen molar-refractivity contribution in [3.05, 3.63) is 58.4 Å². The van der Waals surface area contributed by atoms with Gasteiger partial charge in [0.2, 0.25) is 5.43 Å². The maximum Gasteiger partial charge on any atom is 0.416 e. The molecule has 0 aliphatic rings. The number of aromatic nitrogens is 4. The summed E-state index contributed by atoms with van der Waals surface area (Å²) < 4.78 is 46.9. The normalized spacial score (nSPS) is 12.9. The van der Waals surface area contributed by atoms with Gasteiger partial charge in [-0.3, -0.25) is 9.48 Å². The Hall–Kier alpha value is -3.21. The van der Waals surface area contributed by atoms with Gasteiger partial charge in [0.05, 0.1) is 36.9 Å². The monoisotopic (exact) mass is 410 g/mol. The first-order valence-electron chi connectivity index (χ1n) is 8.62. The Morgan fingerprint density at radius 1 is 1.31 bits per heavy atom. The number of hydrogen-bond acceptors (Lipinski definition) is 6. The van der Waals surface area contributed by atoms with E-state index in [4.69, 9.17) is 4.74 Å². The number of fused-ring (bicyclic) bond motifs is 1. The standard InChI is InChI=1S/C18H17F3N4O4/c1-2-29-17(28)14-8-24(6-12(26)7-25-10-22-9-23-25)15-5-11(18(19,20)21)3-4-13(15)16(14)27/h3-5,8-10,12,26H,2,6-7H2,1H3. The van der Waals surface area contributed by atoms with Crippen molar-refractivity contribution in [3.63, 3.8) is 0 Å². The molecule has 0 saturated carbocycles. The number of pyridine rings is 1. The highest BCUT2D eigenvalue weighted by molar-refractivity contribution is 5.94. The third kappa shape index (κ3) is 4.45. The van der Waals surface area contributed by atoms with Gasteiger partial charge >= 0.3 is 12.1 Å². The molecule has 3 aromatic rings. The van der Waals surface area contributed by atoms with Crippen LogP contribution < -0.4 is 5.43 Å². The van der Waals surface area contributed by atoms with Crippen molar-refractivity contribution in [2.45, 2.75) is 32.3 Å². The molecule has 0 bridgehead atoms. The molecule has 29 heavy (non-hydrogen) atoms. The number of benzene rings is 1. The summed E-state index contributed by atoms with van der Waals surface area (Å²) in [5.41, 5.74) is -2.08. The van der Waals surface area contributed by atoms with E-state index in [9.17, 15) is 27.9 Å². The van der Waals surface area contributed by atoms with E-state index in [0.29, 0.717) is 0 Å². The topological polar surface area (TPSA) is 99.2 Å². The van der Waals surface area contributed by atoms with Crippen molar-refractivity contribution in [2.75, 3.05) is 6.61 Å². The molecular weight excluding hydrogens is 393 g/mol. The molecule has 1 unspecified atom stereocenters. The molecule has 1 N–H and O–H groups in total. The first-order valence-corrected chi connectivity index (χ1v) is 8.62. The van der Waals surface area contributed by atoms with Gasteiger partial charge in [-0.15, -0.1) is 0 Å². The number of carbonyl (C=O) groups excluding carboxylic acids is 1. The number of rotatable bonds is 6. The van der Waals surface area contributed by atoms with Gasteiger partial charge < -0.3 is 14.4 Å². The second-order valence-corrected chi connectivity index (χ2v) is 6.25. The zero-order chi connectivity index (χ0) is 21.2. The minimum absolute atomic E-state index is 0.0152. The Morgan fingerprint density at radius 3 is 2.69 bits per heavy atom. The average Bonchev–Trinajstić information content (AvgIpc) is 3.16. The van der Waals surface area contributed by atoms with Gasteiger partial charge in [-0.25, -0.2) is 9.78 Å². The van der Waals surface area contributed by atoms with Crippen molar-refractivity contribution in [3.8, 4) is 0 Å². The molecule has 0 aliphatic heterocycles. The van der Waals surface area contributed by atoms with Crippen LogP contribution in [0.4, 0.5) is 13.2 Å². The van der Waals surface area contributed by atoms with E-state index >= 15 is 0 Å². The average molecular weight is 410 g/mol. The van der Waals surface area contributed by atoms with Crippen molar-refractivity contribution in [1.82, 2.24) is 19.3 Å². The zero-order valence-corrected chi connectivity index (χ0v) is 15.3. The number of carbonyl (C=O) groups is 1. The molecule has 0 aliphatic carbocycles. The quantitative estimate of drug-likeness (QED) is 0.623. The molecule has 2 aromatic heterocycles. The number of hydrogen-bond donors (Lipinski definition) is 1. The molecule has 0 spiro atoms. The maximum absolute atomic E-state index is 13.1. The number of aliphatic hydroxyl groups is 1. The second-order valence-electron chi connectivity index (χ2n) is 6.25. The lowest BCUT2D eigenvalue weighted by molar-refractivity contribution is -0.137. The Kier molecular flexibility index (Phi) is 5.69. The lowest BCUT2D eigenvalue weighted by atomic mass is 10.1. The van der Waals surface area contributed by atoms with Crippen molar-refractivity contribution < 1.29 is 27.8 Å². The van der Waals surface area contributed by atoms with Gasteiger partial charge in [0.15, 0.2) is 0 Å². The minimum Gasteiger partial charge on any atom is -0.462 e. The van der Waals surface area contributed by atoms with Crippen LogP contribution in [0.5, 0.6) is 0 Å². The highest BCUT2D eigenvalue weighted by Gasteiger charge is 2.31. The lowest BCUT2D eigenvalue weighted by Crippen LogP contribution is -2.26. The number of ether oxygens (including phenoxy) is 1. The summed E-state index contributed by atoms with van der Waals surface area (Å²) >= 11 is 0. The Morgan fingerprint density at radius 2 is 2.07 bits per heavy atom. The van der Waals surface area contributed by atoms with Gasteiger partial charge in [0.25, 0.3) is 0 Å². The zero-order valence-electron chi connectivity index (χ0n) is 15.3. The van der Waals surface area contributed by atoms with E-state index < -0.39 is 29.2 Å². The molecule has 11 heteroatoms. The molecule has 0 saturated heterocycles. The highest BCUT2D eigenvalue weighted by Crippen LogP contribution is 2.31. The van der Waals surface area contributed by atoms with Crippen LogP contribution in [0.2, 0.25) is 0 Å². The van der Waals surface area contributed by atoms with Gasteiger partial charge in [-0.2, -0.15) is 18.3 Å². The van der Waals surface area contributed by atoms with Crippen LogP contribution >= 0.6 is 0 Å². The van der Waals surface area contributed by atoms with Crippen LogP contribution in [0.25, 0.3) is 10.9 Å². The first kappa shape index (κ1) is 20.5. The van der Waals surface area contributed by atoms with Gasteiger partial charge in [0, 0.05) is 11.6 Å². The van der Waals surface area contributed by atoms with E-state index in [2.05, 4.69) is 10.1 Å². The van der Waals surface area contributed by atoms with Crippen molar-refractivity contribution in [2.24, 2.45) is 0 Å². The Labute approximate surface area is 162 Å². The molecule has 0 amide bonds. The number of halogens is 3. The molecule has 3 rings (SSSR count). The van der Waals surface area contributed by atoms with Crippen LogP contribution in [0, 0.1) is 0 Å². The van der Waals surface area contributed by atoms with Crippen LogP contribution in [0.15, 0.2) is 41.8 Å². The minimum atomic E-state index is -4.62. The lowest BCUT2D eigenvalue weighted by Gasteiger charge is -2.18. The maximum atomic E-state index is 13.1. The van der Waals surface area contributed by atoms with Crippen LogP contribution in [0.1, 0.15) is 22.8 Å². The second kappa shape index (κ2) is 8.03. The first-order chi connectivity index (χ1) is 13.7. The fourth-order valence-electron chi connectivity index (χ4n) is 2.90. The molecule has 1 aromatic carbocycles. The molecular formula is C18H17F3N4O4. The predicted octanol–water partition coefficient (Wildman–Crippen LogP) is 1.85. The van der Waals surface area contributed by atoms with E-state index in [-0.39, 0.29) is 36.2 Å². The SMILES string of the molecule is CCOC(=O)c1cn(CC(O)Cn2cncn2)c2cc(C(F)(F)F)ccc2c1=O. The fraction of sp³-hybridized carbons (Fsp3) is 0.333. The fourth-order valence-corrected chi connectivity index (χ4v) is 2.90. The molecule has 2 heterocycles. The van der Waals surface area contributed by atoms with Gasteiger partial charge in [0.1, 0.15) is 18.2 Å². The van der Waals surface area contributed by atoms with Gasteiger partial charge in [-0.05, 0) is 25.1 Å². The Balaban J connectivity index is 2.11. The van der Waals surface area contributed by atoms with Crippen molar-refractivity contribution >= 4 is 16.9 Å². The van der Waals surface area contributed by atoms with Gasteiger partial charge in [-0.1, -0.05) is 0 Å². The number of nitrogens with zero attached hydrogens (tertiary/aromatic N) is 4.